The first-order valence-corrected chi connectivity index (χ1v) is 12.4. The first-order chi connectivity index (χ1) is 16.0. The Morgan fingerprint density at radius 3 is 1.94 bits per heavy atom. The van der Waals surface area contributed by atoms with Gasteiger partial charge in [0.05, 0.1) is 42.0 Å². The summed E-state index contributed by atoms with van der Waals surface area (Å²) in [6.45, 7) is 0. The zero-order valence-corrected chi connectivity index (χ0v) is 21.9. The minimum absolute atomic E-state index is 0.131. The van der Waals surface area contributed by atoms with E-state index in [-0.39, 0.29) is 31.6 Å². The van der Waals surface area contributed by atoms with Crippen molar-refractivity contribution in [3.63, 3.8) is 0 Å². The number of carbonyl (C=O) groups is 3. The summed E-state index contributed by atoms with van der Waals surface area (Å²) < 4.78 is 0. The van der Waals surface area contributed by atoms with Gasteiger partial charge in [0.25, 0.3) is 5.91 Å². The monoisotopic (exact) mass is 595 g/mol. The number of rotatable bonds is 7. The molecular formula is C22H11Cl6NO4S. The molecule has 0 bridgehead atoms. The summed E-state index contributed by atoms with van der Waals surface area (Å²) in [4.78, 5) is 37.6. The van der Waals surface area contributed by atoms with Crippen LogP contribution < -0.4 is 5.32 Å². The largest absolute Gasteiger partial charge is 0.478 e. The Hall–Kier alpha value is -1.64. The molecule has 0 spiro atoms. The van der Waals surface area contributed by atoms with Crippen LogP contribution in [0.25, 0.3) is 0 Å². The fraction of sp³-hybridized carbons (Fsp3) is 0.0455. The van der Waals surface area contributed by atoms with Gasteiger partial charge in [-0.2, -0.15) is 0 Å². The van der Waals surface area contributed by atoms with E-state index in [1.54, 1.807) is 36.4 Å². The van der Waals surface area contributed by atoms with Crippen molar-refractivity contribution in [2.75, 3.05) is 11.1 Å². The number of amides is 1. The zero-order valence-electron chi connectivity index (χ0n) is 16.6. The van der Waals surface area contributed by atoms with E-state index in [0.717, 1.165) is 4.90 Å². The van der Waals surface area contributed by atoms with Gasteiger partial charge in [0.2, 0.25) is 0 Å². The maximum Gasteiger partial charge on any atom is 0.338 e. The van der Waals surface area contributed by atoms with E-state index >= 15 is 0 Å². The molecule has 0 aromatic heterocycles. The van der Waals surface area contributed by atoms with Gasteiger partial charge in [-0.1, -0.05) is 69.6 Å². The minimum Gasteiger partial charge on any atom is -0.478 e. The summed E-state index contributed by atoms with van der Waals surface area (Å²) in [5, 5.41) is 11.5. The Morgan fingerprint density at radius 1 is 0.794 bits per heavy atom. The van der Waals surface area contributed by atoms with Crippen molar-refractivity contribution in [2.45, 2.75) is 4.90 Å². The Morgan fingerprint density at radius 2 is 1.38 bits per heavy atom. The van der Waals surface area contributed by atoms with Crippen LogP contribution in [0.2, 0.25) is 30.1 Å². The summed E-state index contributed by atoms with van der Waals surface area (Å²) in [5.41, 5.74) is -0.271. The Balaban J connectivity index is 1.73. The highest BCUT2D eigenvalue weighted by atomic mass is 35.5. The third kappa shape index (κ3) is 5.94. The third-order valence-electron chi connectivity index (χ3n) is 4.42. The average Bonchev–Trinajstić information content (AvgIpc) is 2.78. The summed E-state index contributed by atoms with van der Waals surface area (Å²) in [7, 11) is 0. The Bertz CT molecular complexity index is 1310. The molecule has 176 valence electrons. The van der Waals surface area contributed by atoms with E-state index in [0.29, 0.717) is 16.3 Å². The summed E-state index contributed by atoms with van der Waals surface area (Å²) in [6, 6.07) is 11.2. The molecule has 0 aliphatic carbocycles. The molecule has 1 amide bonds. The predicted octanol–water partition coefficient (Wildman–Crippen LogP) is 8.53. The molecular weight excluding hydrogens is 587 g/mol. The maximum absolute atomic E-state index is 12.8. The van der Waals surface area contributed by atoms with Gasteiger partial charge in [-0.25, -0.2) is 4.79 Å². The molecule has 2 N–H and O–H groups in total. The number of ketones is 1. The Labute approximate surface area is 228 Å². The van der Waals surface area contributed by atoms with Crippen LogP contribution in [-0.4, -0.2) is 28.5 Å². The number of nitrogens with one attached hydrogen (secondary N) is 1. The molecule has 34 heavy (non-hydrogen) atoms. The first kappa shape index (κ1) is 27.0. The Kier molecular flexibility index (Phi) is 9.04. The van der Waals surface area contributed by atoms with Crippen LogP contribution in [-0.2, 0) is 0 Å². The quantitative estimate of drug-likeness (QED) is 0.123. The van der Waals surface area contributed by atoms with Gasteiger partial charge >= 0.3 is 5.97 Å². The lowest BCUT2D eigenvalue weighted by molar-refractivity contribution is 0.0692. The highest BCUT2D eigenvalue weighted by Crippen LogP contribution is 2.41. The van der Waals surface area contributed by atoms with Crippen molar-refractivity contribution in [1.82, 2.24) is 0 Å². The van der Waals surface area contributed by atoms with Gasteiger partial charge in [-0.3, -0.25) is 9.59 Å². The van der Waals surface area contributed by atoms with E-state index < -0.39 is 28.0 Å². The molecule has 0 radical (unpaired) electrons. The molecule has 3 aromatic rings. The molecule has 0 saturated carbocycles. The number of carbonyl (C=O) groups excluding carboxylic acids is 2. The standard InChI is InChI=1S/C22H11Cl6NO4S/c23-9-1-6-12(13(24)7-9)14(30)8-34-11-4-2-10(3-5-11)29-21(31)15-16(22(32)33)18(26)20(28)19(27)17(15)25/h1-7H,8H2,(H,29,31)(H,32,33). The van der Waals surface area contributed by atoms with Gasteiger partial charge in [-0.05, 0) is 42.5 Å². The number of benzene rings is 3. The molecule has 12 heteroatoms. The topological polar surface area (TPSA) is 83.5 Å². The molecule has 0 heterocycles. The van der Waals surface area contributed by atoms with E-state index in [2.05, 4.69) is 5.32 Å². The van der Waals surface area contributed by atoms with Crippen LogP contribution in [0, 0.1) is 0 Å². The lowest BCUT2D eigenvalue weighted by Crippen LogP contribution is -2.18. The minimum atomic E-state index is -1.49. The van der Waals surface area contributed by atoms with E-state index in [1.807, 2.05) is 0 Å². The lowest BCUT2D eigenvalue weighted by Gasteiger charge is -2.14. The number of thioether (sulfide) groups is 1. The number of aromatic carboxylic acids is 1. The van der Waals surface area contributed by atoms with Gasteiger partial charge < -0.3 is 10.4 Å². The predicted molar refractivity (Wildman–Crippen MR) is 139 cm³/mol. The molecule has 3 rings (SSSR count). The maximum atomic E-state index is 12.8. The number of carboxylic acid groups (broad SMARTS) is 1. The fourth-order valence-electron chi connectivity index (χ4n) is 2.82. The second-order valence-electron chi connectivity index (χ2n) is 6.63. The molecule has 0 aliphatic rings. The van der Waals surface area contributed by atoms with Gasteiger partial charge in [0, 0.05) is 21.2 Å². The summed E-state index contributed by atoms with van der Waals surface area (Å²) in [6.07, 6.45) is 0. The zero-order chi connectivity index (χ0) is 25.2. The highest BCUT2D eigenvalue weighted by molar-refractivity contribution is 8.00. The van der Waals surface area contributed by atoms with Gasteiger partial charge in [0.1, 0.15) is 0 Å². The van der Waals surface area contributed by atoms with Crippen molar-refractivity contribution in [3.05, 3.63) is 89.3 Å². The van der Waals surface area contributed by atoms with Crippen molar-refractivity contribution < 1.29 is 19.5 Å². The molecule has 0 atom stereocenters. The molecule has 0 saturated heterocycles. The smallest absolute Gasteiger partial charge is 0.338 e. The lowest BCUT2D eigenvalue weighted by atomic mass is 10.1. The van der Waals surface area contributed by atoms with Crippen molar-refractivity contribution in [2.24, 2.45) is 0 Å². The summed E-state index contributed by atoms with van der Waals surface area (Å²) >= 11 is 37.2. The van der Waals surface area contributed by atoms with E-state index in [4.69, 9.17) is 69.6 Å². The van der Waals surface area contributed by atoms with E-state index in [1.165, 1.54) is 17.8 Å². The third-order valence-corrected chi connectivity index (χ3v) is 7.78. The average molecular weight is 598 g/mol. The van der Waals surface area contributed by atoms with Crippen LogP contribution in [0.5, 0.6) is 0 Å². The van der Waals surface area contributed by atoms with Crippen molar-refractivity contribution in [3.8, 4) is 0 Å². The second-order valence-corrected chi connectivity index (χ2v) is 10.0. The van der Waals surface area contributed by atoms with Crippen molar-refractivity contribution in [1.29, 1.82) is 0 Å². The van der Waals surface area contributed by atoms with Crippen LogP contribution in [0.15, 0.2) is 47.4 Å². The number of halogens is 6. The number of Topliss-reactive ketones (excluding diaryl/α,β-unsaturated/α-hetero) is 1. The number of hydrogen-bond acceptors (Lipinski definition) is 4. The molecule has 0 aliphatic heterocycles. The van der Waals surface area contributed by atoms with E-state index in [9.17, 15) is 19.5 Å². The summed E-state index contributed by atoms with van der Waals surface area (Å²) in [5.74, 6) is -2.37. The normalized spacial score (nSPS) is 10.8. The molecule has 3 aromatic carbocycles. The van der Waals surface area contributed by atoms with Crippen LogP contribution >= 0.6 is 81.4 Å². The van der Waals surface area contributed by atoms with Gasteiger partial charge in [0.15, 0.2) is 5.78 Å². The van der Waals surface area contributed by atoms with Gasteiger partial charge in [-0.15, -0.1) is 11.8 Å². The number of hydrogen-bond donors (Lipinski definition) is 2. The molecule has 5 nitrogen and oxygen atoms in total. The number of anilines is 1. The number of carboxylic acids is 1. The fourth-order valence-corrected chi connectivity index (χ4v) is 5.13. The van der Waals surface area contributed by atoms with Crippen molar-refractivity contribution >= 4 is 105 Å². The molecule has 0 unspecified atom stereocenters. The SMILES string of the molecule is O=C(CSc1ccc(NC(=O)c2c(Cl)c(Cl)c(Cl)c(Cl)c2C(=O)O)cc1)c1ccc(Cl)cc1Cl. The second kappa shape index (κ2) is 11.4. The highest BCUT2D eigenvalue weighted by Gasteiger charge is 2.29. The first-order valence-electron chi connectivity index (χ1n) is 9.13. The van der Waals surface area contributed by atoms with Crippen LogP contribution in [0.1, 0.15) is 31.1 Å². The van der Waals surface area contributed by atoms with Crippen LogP contribution in [0.3, 0.4) is 0 Å². The molecule has 0 fully saturated rings. The van der Waals surface area contributed by atoms with Crippen LogP contribution in [0.4, 0.5) is 5.69 Å².